The van der Waals surface area contributed by atoms with Gasteiger partial charge in [0.1, 0.15) is 0 Å². The summed E-state index contributed by atoms with van der Waals surface area (Å²) in [6.45, 7) is 0. The van der Waals surface area contributed by atoms with E-state index in [1.807, 2.05) is 42.5 Å². The van der Waals surface area contributed by atoms with Crippen LogP contribution in [0.5, 0.6) is 11.5 Å². The van der Waals surface area contributed by atoms with Crippen molar-refractivity contribution in [1.29, 1.82) is 0 Å². The quantitative estimate of drug-likeness (QED) is 0.347. The summed E-state index contributed by atoms with van der Waals surface area (Å²) in [4.78, 5) is 2.29. The highest BCUT2D eigenvalue weighted by molar-refractivity contribution is 5.92. The Morgan fingerprint density at radius 3 is 1.62 bits per heavy atom. The van der Waals surface area contributed by atoms with Gasteiger partial charge in [0.15, 0.2) is 11.5 Å². The molecule has 0 aliphatic carbocycles. The normalized spacial score (nSPS) is 12.1. The predicted octanol–water partition coefficient (Wildman–Crippen LogP) is 6.93. The molecule has 0 fully saturated rings. The first-order chi connectivity index (χ1) is 12.9. The van der Waals surface area contributed by atoms with Gasteiger partial charge in [-0.1, -0.05) is 72.8 Å². The van der Waals surface area contributed by atoms with Crippen LogP contribution >= 0.6 is 0 Å². The summed E-state index contributed by atoms with van der Waals surface area (Å²) in [5.41, 5.74) is 5.63. The van der Waals surface area contributed by atoms with Crippen LogP contribution in [0, 0.1) is 0 Å². The second kappa shape index (κ2) is 6.08. The number of hydrogen-bond donors (Lipinski definition) is 0. The zero-order valence-corrected chi connectivity index (χ0v) is 14.2. The molecular weight excluding hydrogens is 318 g/mol. The lowest BCUT2D eigenvalue weighted by atomic mass is 10.0. The van der Waals surface area contributed by atoms with Gasteiger partial charge in [0.25, 0.3) is 0 Å². The van der Waals surface area contributed by atoms with Crippen molar-refractivity contribution in [2.24, 2.45) is 0 Å². The lowest BCUT2D eigenvalue weighted by Gasteiger charge is -2.34. The van der Waals surface area contributed by atoms with E-state index in [-0.39, 0.29) is 0 Å². The molecule has 0 bridgehead atoms. The Morgan fingerprint density at radius 1 is 0.462 bits per heavy atom. The Balaban J connectivity index is 1.78. The molecule has 0 amide bonds. The van der Waals surface area contributed by atoms with E-state index in [9.17, 15) is 0 Å². The van der Waals surface area contributed by atoms with Gasteiger partial charge in [-0.05, 0) is 35.9 Å². The van der Waals surface area contributed by atoms with E-state index in [1.54, 1.807) is 0 Å². The van der Waals surface area contributed by atoms with Crippen LogP contribution in [-0.2, 0) is 0 Å². The van der Waals surface area contributed by atoms with Crippen molar-refractivity contribution in [2.45, 2.75) is 0 Å². The Kier molecular flexibility index (Phi) is 3.46. The number of ether oxygens (including phenoxy) is 1. The summed E-state index contributed by atoms with van der Waals surface area (Å²) < 4.78 is 6.13. The molecule has 1 aliphatic rings. The lowest BCUT2D eigenvalue weighted by Crippen LogP contribution is -2.16. The molecule has 0 radical (unpaired) electrons. The number of anilines is 3. The second-order valence-electron chi connectivity index (χ2n) is 6.26. The van der Waals surface area contributed by atoms with Crippen molar-refractivity contribution in [3.05, 3.63) is 103 Å². The van der Waals surface area contributed by atoms with Crippen LogP contribution in [0.4, 0.5) is 17.1 Å². The van der Waals surface area contributed by atoms with Crippen molar-refractivity contribution >= 4 is 17.1 Å². The van der Waals surface area contributed by atoms with E-state index in [1.165, 1.54) is 11.1 Å². The fourth-order valence-electron chi connectivity index (χ4n) is 3.49. The molecule has 0 unspecified atom stereocenters. The largest absolute Gasteiger partial charge is 0.453 e. The van der Waals surface area contributed by atoms with Gasteiger partial charge in [-0.15, -0.1) is 0 Å². The minimum Gasteiger partial charge on any atom is -0.453 e. The van der Waals surface area contributed by atoms with Crippen molar-refractivity contribution in [2.75, 3.05) is 4.90 Å². The van der Waals surface area contributed by atoms with Crippen molar-refractivity contribution < 1.29 is 4.74 Å². The van der Waals surface area contributed by atoms with Gasteiger partial charge in [-0.25, -0.2) is 0 Å². The molecule has 1 heterocycles. The summed E-state index contributed by atoms with van der Waals surface area (Å²) >= 11 is 0. The Hall–Kier alpha value is -3.52. The van der Waals surface area contributed by atoms with Crippen LogP contribution in [-0.4, -0.2) is 0 Å². The SMILES string of the molecule is c1ccc(-c2ccccc2N2c3ccccc3Oc3ccccc32)cc1. The maximum Gasteiger partial charge on any atom is 0.151 e. The monoisotopic (exact) mass is 335 g/mol. The molecule has 0 N–H and O–H groups in total. The van der Waals surface area contributed by atoms with E-state index in [2.05, 4.69) is 65.6 Å². The van der Waals surface area contributed by atoms with E-state index in [0.717, 1.165) is 28.6 Å². The third-order valence-corrected chi connectivity index (χ3v) is 4.66. The molecule has 2 nitrogen and oxygen atoms in total. The molecule has 4 aromatic carbocycles. The Labute approximate surface area is 152 Å². The third kappa shape index (κ3) is 2.35. The number of fused-ring (bicyclic) bond motifs is 2. The molecule has 124 valence electrons. The lowest BCUT2D eigenvalue weighted by molar-refractivity contribution is 0.477. The molecular formula is C24H17NO. The highest BCUT2D eigenvalue weighted by Gasteiger charge is 2.26. The average molecular weight is 335 g/mol. The summed E-state index contributed by atoms with van der Waals surface area (Å²) in [7, 11) is 0. The van der Waals surface area contributed by atoms with E-state index >= 15 is 0 Å². The van der Waals surface area contributed by atoms with Crippen LogP contribution < -0.4 is 9.64 Å². The maximum absolute atomic E-state index is 6.13. The molecule has 26 heavy (non-hydrogen) atoms. The van der Waals surface area contributed by atoms with Crippen molar-refractivity contribution in [3.63, 3.8) is 0 Å². The number of para-hydroxylation sites is 5. The molecule has 0 saturated heterocycles. The fourth-order valence-corrected chi connectivity index (χ4v) is 3.49. The van der Waals surface area contributed by atoms with Crippen LogP contribution in [0.2, 0.25) is 0 Å². The van der Waals surface area contributed by atoms with Crippen LogP contribution in [0.15, 0.2) is 103 Å². The van der Waals surface area contributed by atoms with Crippen LogP contribution in [0.1, 0.15) is 0 Å². The first-order valence-electron chi connectivity index (χ1n) is 8.72. The first-order valence-corrected chi connectivity index (χ1v) is 8.72. The molecule has 0 saturated carbocycles. The van der Waals surface area contributed by atoms with Crippen LogP contribution in [0.3, 0.4) is 0 Å². The van der Waals surface area contributed by atoms with Gasteiger partial charge in [0.2, 0.25) is 0 Å². The fraction of sp³-hybridized carbons (Fsp3) is 0. The number of nitrogens with zero attached hydrogens (tertiary/aromatic N) is 1. The van der Waals surface area contributed by atoms with Gasteiger partial charge in [-0.2, -0.15) is 0 Å². The Morgan fingerprint density at radius 2 is 0.962 bits per heavy atom. The summed E-state index contributed by atoms with van der Waals surface area (Å²) in [6, 6.07) is 35.4. The first kappa shape index (κ1) is 14.8. The van der Waals surface area contributed by atoms with Gasteiger partial charge < -0.3 is 9.64 Å². The number of benzene rings is 4. The smallest absolute Gasteiger partial charge is 0.151 e. The van der Waals surface area contributed by atoms with Crippen molar-refractivity contribution in [3.8, 4) is 22.6 Å². The highest BCUT2D eigenvalue weighted by atomic mass is 16.5. The third-order valence-electron chi connectivity index (χ3n) is 4.66. The van der Waals surface area contributed by atoms with Crippen molar-refractivity contribution in [1.82, 2.24) is 0 Å². The summed E-state index contributed by atoms with van der Waals surface area (Å²) in [5, 5.41) is 0. The molecule has 1 aliphatic heterocycles. The number of rotatable bonds is 2. The topological polar surface area (TPSA) is 12.5 Å². The van der Waals surface area contributed by atoms with Gasteiger partial charge >= 0.3 is 0 Å². The minimum absolute atomic E-state index is 0.870. The molecule has 4 aromatic rings. The summed E-state index contributed by atoms with van der Waals surface area (Å²) in [5.74, 6) is 1.74. The average Bonchev–Trinajstić information content (AvgIpc) is 2.72. The maximum atomic E-state index is 6.13. The van der Waals surface area contributed by atoms with E-state index in [0.29, 0.717) is 0 Å². The highest BCUT2D eigenvalue weighted by Crippen LogP contribution is 2.51. The Bertz CT molecular complexity index is 1030. The van der Waals surface area contributed by atoms with Gasteiger partial charge in [0, 0.05) is 5.56 Å². The number of hydrogen-bond acceptors (Lipinski definition) is 2. The predicted molar refractivity (Wildman–Crippen MR) is 107 cm³/mol. The molecule has 2 heteroatoms. The van der Waals surface area contributed by atoms with E-state index in [4.69, 9.17) is 4.74 Å². The molecule has 0 atom stereocenters. The molecule has 0 aromatic heterocycles. The zero-order valence-electron chi connectivity index (χ0n) is 14.2. The minimum atomic E-state index is 0.870. The zero-order chi connectivity index (χ0) is 17.3. The molecule has 0 spiro atoms. The van der Waals surface area contributed by atoms with E-state index < -0.39 is 0 Å². The molecule has 5 rings (SSSR count). The van der Waals surface area contributed by atoms with Crippen LogP contribution in [0.25, 0.3) is 11.1 Å². The van der Waals surface area contributed by atoms with Gasteiger partial charge in [-0.3, -0.25) is 0 Å². The standard InChI is InChI=1S/C24H17NO/c1-2-10-18(11-3-1)19-12-4-5-13-20(19)25-21-14-6-8-16-23(21)26-24-17-9-7-15-22(24)25/h1-17H. The second-order valence-corrected chi connectivity index (χ2v) is 6.26. The van der Waals surface area contributed by atoms with Gasteiger partial charge in [0.05, 0.1) is 17.1 Å². The summed E-state index contributed by atoms with van der Waals surface area (Å²) in [6.07, 6.45) is 0.